The third kappa shape index (κ3) is 3.61. The third-order valence-corrected chi connectivity index (χ3v) is 3.82. The van der Waals surface area contributed by atoms with E-state index in [4.69, 9.17) is 9.52 Å². The second-order valence-corrected chi connectivity index (χ2v) is 5.88. The monoisotopic (exact) mass is 351 g/mol. The number of carbonyl (C=O) groups is 2. The van der Waals surface area contributed by atoms with Gasteiger partial charge in [-0.25, -0.2) is 4.79 Å². The van der Waals surface area contributed by atoms with E-state index in [0.717, 1.165) is 0 Å². The van der Waals surface area contributed by atoms with Crippen molar-refractivity contribution in [2.75, 3.05) is 14.1 Å². The summed E-state index contributed by atoms with van der Waals surface area (Å²) in [6.45, 7) is 0. The Hall–Kier alpha value is -3.48. The smallest absolute Gasteiger partial charge is 0.335 e. The van der Waals surface area contributed by atoms with E-state index < -0.39 is 5.97 Å². The second kappa shape index (κ2) is 7.18. The van der Waals surface area contributed by atoms with Crippen molar-refractivity contribution in [1.29, 1.82) is 0 Å². The molecule has 2 aromatic rings. The molecule has 0 saturated carbocycles. The maximum Gasteiger partial charge on any atom is 0.335 e. The Balaban J connectivity index is 1.80. The van der Waals surface area contributed by atoms with Crippen molar-refractivity contribution in [3.63, 3.8) is 0 Å². The number of aromatic nitrogens is 2. The van der Waals surface area contributed by atoms with E-state index in [-0.39, 0.29) is 11.5 Å². The van der Waals surface area contributed by atoms with Crippen molar-refractivity contribution in [2.45, 2.75) is 6.42 Å². The Morgan fingerprint density at radius 3 is 2.38 bits per heavy atom. The minimum atomic E-state index is -0.977. The molecule has 1 aliphatic rings. The highest BCUT2D eigenvalue weighted by atomic mass is 16.4. The molecule has 0 bridgehead atoms. The predicted octanol–water partition coefficient (Wildman–Crippen LogP) is 2.79. The molecule has 0 unspecified atom stereocenters. The first-order valence-corrected chi connectivity index (χ1v) is 7.93. The largest absolute Gasteiger partial charge is 0.478 e. The van der Waals surface area contributed by atoms with Crippen LogP contribution in [0.2, 0.25) is 0 Å². The summed E-state index contributed by atoms with van der Waals surface area (Å²) in [6, 6.07) is 6.90. The van der Waals surface area contributed by atoms with Crippen LogP contribution in [-0.2, 0) is 4.79 Å². The summed E-state index contributed by atoms with van der Waals surface area (Å²) in [5.41, 5.74) is 2.15. The highest BCUT2D eigenvalue weighted by Gasteiger charge is 2.14. The van der Waals surface area contributed by atoms with E-state index in [1.54, 1.807) is 50.5 Å². The van der Waals surface area contributed by atoms with Gasteiger partial charge in [0.1, 0.15) is 0 Å². The van der Waals surface area contributed by atoms with Crippen molar-refractivity contribution in [3.05, 3.63) is 65.6 Å². The van der Waals surface area contributed by atoms with E-state index in [9.17, 15) is 9.59 Å². The fourth-order valence-electron chi connectivity index (χ4n) is 2.42. The zero-order valence-electron chi connectivity index (χ0n) is 14.3. The average molecular weight is 351 g/mol. The van der Waals surface area contributed by atoms with Gasteiger partial charge >= 0.3 is 5.97 Å². The number of hydrogen-bond acceptors (Lipinski definition) is 5. The standard InChI is InChI=1S/C19H17N3O4/c1-22(2)18(23)14-9-6-13(7-10-14)17-21-20-16(26-17)12-4-3-5-15(11-8-12)19(24)25/h4-11H,3H2,1-2H3,(H,24,25). The minimum absolute atomic E-state index is 0.0850. The number of hydrogen-bond donors (Lipinski definition) is 1. The van der Waals surface area contributed by atoms with Crippen molar-refractivity contribution in [3.8, 4) is 11.5 Å². The number of nitrogens with zero attached hydrogens (tertiary/aromatic N) is 3. The molecule has 26 heavy (non-hydrogen) atoms. The zero-order valence-corrected chi connectivity index (χ0v) is 14.3. The maximum absolute atomic E-state index is 11.9. The van der Waals surface area contributed by atoms with Gasteiger partial charge in [0.2, 0.25) is 11.8 Å². The molecule has 0 atom stereocenters. The number of carbonyl (C=O) groups excluding carboxylic acids is 1. The quantitative estimate of drug-likeness (QED) is 0.910. The molecular weight excluding hydrogens is 334 g/mol. The SMILES string of the molecule is CN(C)C(=O)c1ccc(-c2nnc(C3=CCC=C(C(=O)O)C=C3)o2)cc1. The number of carboxylic acid groups (broad SMARTS) is 1. The van der Waals surface area contributed by atoms with E-state index in [2.05, 4.69) is 10.2 Å². The molecule has 132 valence electrons. The van der Waals surface area contributed by atoms with Gasteiger partial charge in [0.25, 0.3) is 5.91 Å². The lowest BCUT2D eigenvalue weighted by molar-refractivity contribution is -0.132. The molecule has 1 aromatic carbocycles. The molecule has 7 heteroatoms. The number of amides is 1. The summed E-state index contributed by atoms with van der Waals surface area (Å²) in [5.74, 6) is -0.425. The Kier molecular flexibility index (Phi) is 4.79. The highest BCUT2D eigenvalue weighted by Crippen LogP contribution is 2.24. The molecule has 3 rings (SSSR count). The topological polar surface area (TPSA) is 96.5 Å². The van der Waals surface area contributed by atoms with Crippen LogP contribution in [0.4, 0.5) is 0 Å². The van der Waals surface area contributed by atoms with Crippen molar-refractivity contribution in [1.82, 2.24) is 15.1 Å². The third-order valence-electron chi connectivity index (χ3n) is 3.82. The number of carboxylic acids is 1. The van der Waals surface area contributed by atoms with E-state index in [1.807, 2.05) is 6.08 Å². The van der Waals surface area contributed by atoms with Crippen LogP contribution in [0.15, 0.2) is 58.6 Å². The number of allylic oxidation sites excluding steroid dienone is 4. The molecule has 0 saturated heterocycles. The van der Waals surface area contributed by atoms with Crippen LogP contribution in [0.25, 0.3) is 17.0 Å². The zero-order chi connectivity index (χ0) is 18.7. The molecule has 0 radical (unpaired) electrons. The molecular formula is C19H17N3O4. The summed E-state index contributed by atoms with van der Waals surface area (Å²) in [6.07, 6.45) is 7.05. The average Bonchev–Trinajstić information content (AvgIpc) is 2.98. The molecule has 1 aromatic heterocycles. The molecule has 1 aliphatic carbocycles. The Labute approximate surface area is 150 Å². The van der Waals surface area contributed by atoms with Gasteiger partial charge in [-0.15, -0.1) is 10.2 Å². The summed E-state index contributed by atoms with van der Waals surface area (Å²) in [7, 11) is 3.39. The normalized spacial score (nSPS) is 13.6. The molecule has 0 spiro atoms. The molecule has 1 N–H and O–H groups in total. The molecule has 1 amide bonds. The van der Waals surface area contributed by atoms with Crippen molar-refractivity contribution in [2.24, 2.45) is 0 Å². The Morgan fingerprint density at radius 1 is 1.04 bits per heavy atom. The molecule has 1 heterocycles. The summed E-state index contributed by atoms with van der Waals surface area (Å²) < 4.78 is 5.70. The molecule has 0 fully saturated rings. The van der Waals surface area contributed by atoms with Crippen LogP contribution < -0.4 is 0 Å². The van der Waals surface area contributed by atoms with Gasteiger partial charge in [-0.2, -0.15) is 0 Å². The molecule has 7 nitrogen and oxygen atoms in total. The second-order valence-electron chi connectivity index (χ2n) is 5.88. The van der Waals surface area contributed by atoms with Crippen LogP contribution in [0.5, 0.6) is 0 Å². The van der Waals surface area contributed by atoms with Gasteiger partial charge in [-0.05, 0) is 42.8 Å². The van der Waals surface area contributed by atoms with E-state index >= 15 is 0 Å². The summed E-state index contributed by atoms with van der Waals surface area (Å²) in [5, 5.41) is 17.1. The first kappa shape index (κ1) is 17.3. The van der Waals surface area contributed by atoms with Crippen LogP contribution in [0.3, 0.4) is 0 Å². The number of rotatable bonds is 4. The maximum atomic E-state index is 11.9. The number of benzene rings is 1. The fraction of sp³-hybridized carbons (Fsp3) is 0.158. The Bertz CT molecular complexity index is 934. The lowest BCUT2D eigenvalue weighted by atomic mass is 10.1. The van der Waals surface area contributed by atoms with Crippen LogP contribution >= 0.6 is 0 Å². The van der Waals surface area contributed by atoms with Crippen molar-refractivity contribution >= 4 is 17.4 Å². The van der Waals surface area contributed by atoms with Crippen LogP contribution in [-0.4, -0.2) is 46.2 Å². The van der Waals surface area contributed by atoms with E-state index in [0.29, 0.717) is 34.9 Å². The van der Waals surface area contributed by atoms with Crippen molar-refractivity contribution < 1.29 is 19.1 Å². The van der Waals surface area contributed by atoms with Gasteiger partial charge in [0.15, 0.2) is 0 Å². The van der Waals surface area contributed by atoms with Crippen LogP contribution in [0.1, 0.15) is 22.7 Å². The van der Waals surface area contributed by atoms with Gasteiger partial charge in [-0.3, -0.25) is 4.79 Å². The number of aliphatic carboxylic acids is 1. The first-order chi connectivity index (χ1) is 12.5. The van der Waals surface area contributed by atoms with Crippen LogP contribution in [0, 0.1) is 0 Å². The lowest BCUT2D eigenvalue weighted by Gasteiger charge is -2.09. The molecule has 0 aliphatic heterocycles. The first-order valence-electron chi connectivity index (χ1n) is 7.93. The van der Waals surface area contributed by atoms with Gasteiger partial charge in [0.05, 0.1) is 5.57 Å². The van der Waals surface area contributed by atoms with E-state index in [1.165, 1.54) is 11.0 Å². The van der Waals surface area contributed by atoms with Gasteiger partial charge < -0.3 is 14.4 Å². The summed E-state index contributed by atoms with van der Waals surface area (Å²) in [4.78, 5) is 24.5. The summed E-state index contributed by atoms with van der Waals surface area (Å²) >= 11 is 0. The minimum Gasteiger partial charge on any atom is -0.478 e. The predicted molar refractivity (Wildman–Crippen MR) is 95.2 cm³/mol. The van der Waals surface area contributed by atoms with Gasteiger partial charge in [0, 0.05) is 30.8 Å². The fourth-order valence-corrected chi connectivity index (χ4v) is 2.42. The highest BCUT2D eigenvalue weighted by molar-refractivity contribution is 5.94. The van der Waals surface area contributed by atoms with Gasteiger partial charge in [-0.1, -0.05) is 12.2 Å². The Morgan fingerprint density at radius 2 is 1.73 bits per heavy atom. The lowest BCUT2D eigenvalue weighted by Crippen LogP contribution is -2.21.